The van der Waals surface area contributed by atoms with E-state index in [0.717, 1.165) is 0 Å². The van der Waals surface area contributed by atoms with E-state index in [1.807, 2.05) is 32.9 Å². The standard InChI is InChI=1S/C21H26N2O4/c1-4-26-18-12-8-6-10-16(18)20(24)22-14-15(3)23-21(25)17-11-7-9-13-19(17)27-5-2/h6-13,15H,4-5,14H2,1-3H3,(H,22,24)(H,23,25)/t15-/m0/s1. The second-order valence-electron chi connectivity index (χ2n) is 5.94. The molecule has 2 aromatic carbocycles. The maximum absolute atomic E-state index is 12.5. The van der Waals surface area contributed by atoms with Crippen LogP contribution in [0.4, 0.5) is 0 Å². The largest absolute Gasteiger partial charge is 0.493 e. The molecule has 0 fully saturated rings. The van der Waals surface area contributed by atoms with Gasteiger partial charge in [0.05, 0.1) is 24.3 Å². The van der Waals surface area contributed by atoms with Crippen LogP contribution in [0.5, 0.6) is 11.5 Å². The van der Waals surface area contributed by atoms with Crippen molar-refractivity contribution in [1.29, 1.82) is 0 Å². The number of carbonyl (C=O) groups is 2. The molecule has 0 aliphatic heterocycles. The Kier molecular flexibility index (Phi) is 7.67. The van der Waals surface area contributed by atoms with Crippen molar-refractivity contribution < 1.29 is 19.1 Å². The fourth-order valence-corrected chi connectivity index (χ4v) is 2.56. The molecule has 0 aromatic heterocycles. The molecule has 2 aromatic rings. The number of hydrogen-bond donors (Lipinski definition) is 2. The summed E-state index contributed by atoms with van der Waals surface area (Å²) in [5.74, 6) is 0.601. The minimum Gasteiger partial charge on any atom is -0.493 e. The fourth-order valence-electron chi connectivity index (χ4n) is 2.56. The monoisotopic (exact) mass is 370 g/mol. The molecular weight excluding hydrogens is 344 g/mol. The summed E-state index contributed by atoms with van der Waals surface area (Å²) in [5, 5.41) is 5.71. The van der Waals surface area contributed by atoms with Gasteiger partial charge in [0, 0.05) is 12.6 Å². The van der Waals surface area contributed by atoms with Gasteiger partial charge < -0.3 is 20.1 Å². The molecule has 0 aliphatic rings. The van der Waals surface area contributed by atoms with E-state index in [-0.39, 0.29) is 17.9 Å². The predicted molar refractivity (Wildman–Crippen MR) is 104 cm³/mol. The number of nitrogens with one attached hydrogen (secondary N) is 2. The molecular formula is C21H26N2O4. The van der Waals surface area contributed by atoms with Gasteiger partial charge in [-0.15, -0.1) is 0 Å². The minimum absolute atomic E-state index is 0.240. The van der Waals surface area contributed by atoms with Crippen LogP contribution in [0.25, 0.3) is 0 Å². The number of ether oxygens (including phenoxy) is 2. The lowest BCUT2D eigenvalue weighted by Crippen LogP contribution is -2.42. The highest BCUT2D eigenvalue weighted by Gasteiger charge is 2.16. The Hall–Kier alpha value is -3.02. The lowest BCUT2D eigenvalue weighted by atomic mass is 10.1. The molecule has 0 saturated carbocycles. The normalized spacial score (nSPS) is 11.4. The molecule has 6 heteroatoms. The SMILES string of the molecule is CCOc1ccccc1C(=O)NC[C@H](C)NC(=O)c1ccccc1OCC. The Morgan fingerprint density at radius 2 is 1.33 bits per heavy atom. The van der Waals surface area contributed by atoms with Crippen LogP contribution in [0.3, 0.4) is 0 Å². The molecule has 2 amide bonds. The second kappa shape index (κ2) is 10.2. The van der Waals surface area contributed by atoms with E-state index in [1.54, 1.807) is 36.4 Å². The number of benzene rings is 2. The number of amides is 2. The van der Waals surface area contributed by atoms with E-state index < -0.39 is 0 Å². The lowest BCUT2D eigenvalue weighted by molar-refractivity contribution is 0.0908. The van der Waals surface area contributed by atoms with Crippen LogP contribution in [-0.2, 0) is 0 Å². The number of carbonyl (C=O) groups excluding carboxylic acids is 2. The Bertz CT molecular complexity index is 776. The van der Waals surface area contributed by atoms with Gasteiger partial charge in [0.2, 0.25) is 0 Å². The maximum atomic E-state index is 12.5. The van der Waals surface area contributed by atoms with Gasteiger partial charge in [-0.3, -0.25) is 9.59 Å². The Morgan fingerprint density at radius 3 is 1.85 bits per heavy atom. The Labute approximate surface area is 159 Å². The smallest absolute Gasteiger partial charge is 0.255 e. The average molecular weight is 370 g/mol. The second-order valence-corrected chi connectivity index (χ2v) is 5.94. The van der Waals surface area contributed by atoms with Gasteiger partial charge in [0.15, 0.2) is 0 Å². The van der Waals surface area contributed by atoms with Crippen molar-refractivity contribution in [2.75, 3.05) is 19.8 Å². The highest BCUT2D eigenvalue weighted by molar-refractivity contribution is 5.98. The van der Waals surface area contributed by atoms with Gasteiger partial charge in [0.1, 0.15) is 11.5 Å². The van der Waals surface area contributed by atoms with Gasteiger partial charge in [-0.25, -0.2) is 0 Å². The average Bonchev–Trinajstić information content (AvgIpc) is 2.67. The summed E-state index contributed by atoms with van der Waals surface area (Å²) in [6.45, 7) is 6.82. The summed E-state index contributed by atoms with van der Waals surface area (Å²) in [4.78, 5) is 24.9. The van der Waals surface area contributed by atoms with Crippen LogP contribution >= 0.6 is 0 Å². The third-order valence-corrected chi connectivity index (χ3v) is 3.81. The van der Waals surface area contributed by atoms with Crippen LogP contribution in [0, 0.1) is 0 Å². The first-order valence-corrected chi connectivity index (χ1v) is 9.09. The first kappa shape index (κ1) is 20.3. The van der Waals surface area contributed by atoms with E-state index >= 15 is 0 Å². The lowest BCUT2D eigenvalue weighted by Gasteiger charge is -2.17. The summed E-state index contributed by atoms with van der Waals surface area (Å²) in [7, 11) is 0. The molecule has 27 heavy (non-hydrogen) atoms. The molecule has 0 heterocycles. The molecule has 0 radical (unpaired) electrons. The van der Waals surface area contributed by atoms with Gasteiger partial charge >= 0.3 is 0 Å². The molecule has 6 nitrogen and oxygen atoms in total. The van der Waals surface area contributed by atoms with Crippen molar-refractivity contribution in [1.82, 2.24) is 10.6 Å². The van der Waals surface area contributed by atoms with Crippen molar-refractivity contribution in [3.63, 3.8) is 0 Å². The molecule has 1 atom stereocenters. The molecule has 2 N–H and O–H groups in total. The van der Waals surface area contributed by atoms with Crippen molar-refractivity contribution in [2.24, 2.45) is 0 Å². The molecule has 0 bridgehead atoms. The van der Waals surface area contributed by atoms with Gasteiger partial charge in [0.25, 0.3) is 11.8 Å². The third kappa shape index (κ3) is 5.74. The van der Waals surface area contributed by atoms with Crippen LogP contribution in [0.2, 0.25) is 0 Å². The minimum atomic E-state index is -0.254. The zero-order valence-corrected chi connectivity index (χ0v) is 16.0. The summed E-state index contributed by atoms with van der Waals surface area (Å²) in [6, 6.07) is 13.9. The number of hydrogen-bond acceptors (Lipinski definition) is 4. The van der Waals surface area contributed by atoms with Crippen molar-refractivity contribution >= 4 is 11.8 Å². The summed E-state index contributed by atoms with van der Waals surface area (Å²) < 4.78 is 11.0. The van der Waals surface area contributed by atoms with Crippen molar-refractivity contribution in [2.45, 2.75) is 26.8 Å². The van der Waals surface area contributed by atoms with Crippen LogP contribution < -0.4 is 20.1 Å². The quantitative estimate of drug-likeness (QED) is 0.711. The van der Waals surface area contributed by atoms with E-state index in [1.165, 1.54) is 0 Å². The summed E-state index contributed by atoms with van der Waals surface area (Å²) >= 11 is 0. The molecule has 0 aliphatic carbocycles. The third-order valence-electron chi connectivity index (χ3n) is 3.81. The van der Waals surface area contributed by atoms with E-state index in [2.05, 4.69) is 10.6 Å². The number of rotatable bonds is 9. The van der Waals surface area contributed by atoms with E-state index in [9.17, 15) is 9.59 Å². The molecule has 0 saturated heterocycles. The number of para-hydroxylation sites is 2. The zero-order chi connectivity index (χ0) is 19.6. The van der Waals surface area contributed by atoms with Crippen molar-refractivity contribution in [3.05, 3.63) is 59.7 Å². The Balaban J connectivity index is 1.94. The fraction of sp³-hybridized carbons (Fsp3) is 0.333. The van der Waals surface area contributed by atoms with Crippen LogP contribution in [0.1, 0.15) is 41.5 Å². The molecule has 2 rings (SSSR count). The Morgan fingerprint density at radius 1 is 0.852 bits per heavy atom. The van der Waals surface area contributed by atoms with Gasteiger partial charge in [-0.1, -0.05) is 24.3 Å². The molecule has 0 unspecified atom stereocenters. The topological polar surface area (TPSA) is 76.7 Å². The van der Waals surface area contributed by atoms with Gasteiger partial charge in [-0.05, 0) is 45.0 Å². The first-order chi connectivity index (χ1) is 13.1. The molecule has 0 spiro atoms. The zero-order valence-electron chi connectivity index (χ0n) is 16.0. The summed E-state index contributed by atoms with van der Waals surface area (Å²) in [6.07, 6.45) is 0. The van der Waals surface area contributed by atoms with Crippen molar-refractivity contribution in [3.8, 4) is 11.5 Å². The van der Waals surface area contributed by atoms with Gasteiger partial charge in [-0.2, -0.15) is 0 Å². The highest BCUT2D eigenvalue weighted by Crippen LogP contribution is 2.18. The van der Waals surface area contributed by atoms with Crippen LogP contribution in [0.15, 0.2) is 48.5 Å². The van der Waals surface area contributed by atoms with E-state index in [0.29, 0.717) is 42.4 Å². The summed E-state index contributed by atoms with van der Waals surface area (Å²) in [5.41, 5.74) is 0.943. The molecule has 144 valence electrons. The maximum Gasteiger partial charge on any atom is 0.255 e. The van der Waals surface area contributed by atoms with E-state index in [4.69, 9.17) is 9.47 Å². The predicted octanol–water partition coefficient (Wildman–Crippen LogP) is 3.03. The highest BCUT2D eigenvalue weighted by atomic mass is 16.5. The first-order valence-electron chi connectivity index (χ1n) is 9.09. The van der Waals surface area contributed by atoms with Crippen LogP contribution in [-0.4, -0.2) is 37.6 Å².